The van der Waals surface area contributed by atoms with E-state index in [4.69, 9.17) is 18.0 Å². The van der Waals surface area contributed by atoms with Gasteiger partial charge in [-0.2, -0.15) is 0 Å². The number of hydrogen-bond donors (Lipinski definition) is 2. The number of thiocarbonyl (C=S) groups is 1. The molecule has 0 bridgehead atoms. The van der Waals surface area contributed by atoms with Crippen LogP contribution in [0.15, 0.2) is 35.8 Å². The van der Waals surface area contributed by atoms with Gasteiger partial charge in [-0.25, -0.2) is 9.97 Å². The Bertz CT molecular complexity index is 810. The molecular weight excluding hydrogens is 300 g/mol. The van der Waals surface area contributed by atoms with Crippen molar-refractivity contribution in [3.63, 3.8) is 0 Å². The van der Waals surface area contributed by atoms with E-state index in [0.717, 1.165) is 28.0 Å². The highest BCUT2D eigenvalue weighted by atomic mass is 32.1. The van der Waals surface area contributed by atoms with Crippen LogP contribution in [0.4, 0.5) is 5.82 Å². The van der Waals surface area contributed by atoms with Gasteiger partial charge in [0.25, 0.3) is 0 Å². The van der Waals surface area contributed by atoms with Crippen molar-refractivity contribution in [2.24, 2.45) is 5.73 Å². The van der Waals surface area contributed by atoms with E-state index in [2.05, 4.69) is 15.3 Å². The Hall–Kier alpha value is -2.05. The number of rotatable bonds is 4. The number of thiazole rings is 1. The SMILES string of the molecule is Cc1ncsc1CNc1cc(C(N)=S)c2ccccc2n1. The van der Waals surface area contributed by atoms with Gasteiger partial charge in [-0.05, 0) is 19.1 Å². The Labute approximate surface area is 132 Å². The highest BCUT2D eigenvalue weighted by molar-refractivity contribution is 7.80. The van der Waals surface area contributed by atoms with E-state index in [1.54, 1.807) is 11.3 Å². The number of aromatic nitrogens is 2. The molecule has 0 saturated carbocycles. The van der Waals surface area contributed by atoms with Crippen LogP contribution in [0.3, 0.4) is 0 Å². The predicted molar refractivity (Wildman–Crippen MR) is 91.8 cm³/mol. The molecule has 4 nitrogen and oxygen atoms in total. The monoisotopic (exact) mass is 314 g/mol. The molecular formula is C15H14N4S2. The van der Waals surface area contributed by atoms with Crippen LogP contribution in [0.5, 0.6) is 0 Å². The van der Waals surface area contributed by atoms with Crippen molar-refractivity contribution in [1.29, 1.82) is 0 Å². The average Bonchev–Trinajstić information content (AvgIpc) is 2.89. The van der Waals surface area contributed by atoms with Gasteiger partial charge in [-0.15, -0.1) is 11.3 Å². The molecule has 3 aromatic rings. The van der Waals surface area contributed by atoms with Crippen molar-refractivity contribution in [3.05, 3.63) is 52.0 Å². The Balaban J connectivity index is 1.95. The summed E-state index contributed by atoms with van der Waals surface area (Å²) in [4.78, 5) is 10.4. The van der Waals surface area contributed by atoms with E-state index in [-0.39, 0.29) is 0 Å². The highest BCUT2D eigenvalue weighted by Crippen LogP contribution is 2.22. The van der Waals surface area contributed by atoms with E-state index in [1.807, 2.05) is 42.8 Å². The third-order valence-electron chi connectivity index (χ3n) is 3.26. The molecule has 106 valence electrons. The van der Waals surface area contributed by atoms with Gasteiger partial charge in [0.2, 0.25) is 0 Å². The standard InChI is InChI=1S/C15H14N4S2/c1-9-13(21-8-18-9)7-17-14-6-11(15(16)20)10-4-2-3-5-12(10)19-14/h2-6,8H,7H2,1H3,(H2,16,20)(H,17,19). The largest absolute Gasteiger partial charge is 0.389 e. The molecule has 0 amide bonds. The molecule has 0 aliphatic carbocycles. The third kappa shape index (κ3) is 2.86. The lowest BCUT2D eigenvalue weighted by Gasteiger charge is -2.10. The average molecular weight is 314 g/mol. The number of nitrogens with two attached hydrogens (primary N) is 1. The van der Waals surface area contributed by atoms with E-state index in [9.17, 15) is 0 Å². The Morgan fingerprint density at radius 3 is 2.90 bits per heavy atom. The molecule has 2 heterocycles. The molecule has 0 fully saturated rings. The minimum Gasteiger partial charge on any atom is -0.389 e. The highest BCUT2D eigenvalue weighted by Gasteiger charge is 2.08. The summed E-state index contributed by atoms with van der Waals surface area (Å²) in [7, 11) is 0. The molecule has 0 saturated heterocycles. The van der Waals surface area contributed by atoms with E-state index >= 15 is 0 Å². The Kier molecular flexibility index (Phi) is 3.81. The smallest absolute Gasteiger partial charge is 0.127 e. The summed E-state index contributed by atoms with van der Waals surface area (Å²) >= 11 is 6.78. The fourth-order valence-corrected chi connectivity index (χ4v) is 3.02. The van der Waals surface area contributed by atoms with Crippen LogP contribution in [0, 0.1) is 6.92 Å². The Morgan fingerprint density at radius 2 is 2.19 bits per heavy atom. The van der Waals surface area contributed by atoms with Gasteiger partial charge in [0, 0.05) is 15.8 Å². The topological polar surface area (TPSA) is 63.8 Å². The normalized spacial score (nSPS) is 10.7. The van der Waals surface area contributed by atoms with Crippen molar-refractivity contribution in [2.75, 3.05) is 5.32 Å². The van der Waals surface area contributed by atoms with Gasteiger partial charge < -0.3 is 11.1 Å². The number of fused-ring (bicyclic) bond motifs is 1. The maximum atomic E-state index is 5.83. The number of anilines is 1. The molecule has 0 aliphatic rings. The molecule has 0 spiro atoms. The third-order valence-corrected chi connectivity index (χ3v) is 4.41. The minimum atomic E-state index is 0.380. The summed E-state index contributed by atoms with van der Waals surface area (Å²) < 4.78 is 0. The van der Waals surface area contributed by atoms with Crippen molar-refractivity contribution in [3.8, 4) is 0 Å². The van der Waals surface area contributed by atoms with Crippen molar-refractivity contribution >= 4 is 45.3 Å². The fraction of sp³-hybridized carbons (Fsp3) is 0.133. The number of aryl methyl sites for hydroxylation is 1. The summed E-state index contributed by atoms with van der Waals surface area (Å²) in [5.41, 5.74) is 10.5. The molecule has 0 radical (unpaired) electrons. The first kappa shape index (κ1) is 13.9. The minimum absolute atomic E-state index is 0.380. The second-order valence-electron chi connectivity index (χ2n) is 4.65. The second-order valence-corrected chi connectivity index (χ2v) is 6.03. The van der Waals surface area contributed by atoms with Gasteiger partial charge in [-0.1, -0.05) is 30.4 Å². The van der Waals surface area contributed by atoms with Crippen molar-refractivity contribution in [1.82, 2.24) is 9.97 Å². The number of para-hydroxylation sites is 1. The molecule has 3 rings (SSSR count). The first-order valence-corrected chi connectivity index (χ1v) is 7.76. The molecule has 0 unspecified atom stereocenters. The van der Waals surface area contributed by atoms with Gasteiger partial charge >= 0.3 is 0 Å². The summed E-state index contributed by atoms with van der Waals surface area (Å²) in [6.45, 7) is 2.69. The zero-order valence-electron chi connectivity index (χ0n) is 11.5. The van der Waals surface area contributed by atoms with Crippen LogP contribution >= 0.6 is 23.6 Å². The van der Waals surface area contributed by atoms with E-state index in [1.165, 1.54) is 4.88 Å². The van der Waals surface area contributed by atoms with Crippen LogP contribution in [-0.4, -0.2) is 15.0 Å². The summed E-state index contributed by atoms with van der Waals surface area (Å²) in [5.74, 6) is 0.768. The second kappa shape index (κ2) is 5.75. The predicted octanol–water partition coefficient (Wildman–Crippen LogP) is 3.25. The lowest BCUT2D eigenvalue weighted by Crippen LogP contribution is -2.12. The number of pyridine rings is 1. The van der Waals surface area contributed by atoms with E-state index < -0.39 is 0 Å². The summed E-state index contributed by atoms with van der Waals surface area (Å²) in [6, 6.07) is 9.75. The fourth-order valence-electron chi connectivity index (χ4n) is 2.14. The van der Waals surface area contributed by atoms with Crippen LogP contribution in [-0.2, 0) is 6.54 Å². The zero-order valence-corrected chi connectivity index (χ0v) is 13.1. The quantitative estimate of drug-likeness (QED) is 0.724. The van der Waals surface area contributed by atoms with Gasteiger partial charge in [0.05, 0.1) is 23.3 Å². The summed E-state index contributed by atoms with van der Waals surface area (Å²) in [6.07, 6.45) is 0. The summed E-state index contributed by atoms with van der Waals surface area (Å²) in [5, 5.41) is 4.30. The number of hydrogen-bond acceptors (Lipinski definition) is 5. The molecule has 6 heteroatoms. The molecule has 1 aromatic carbocycles. The van der Waals surface area contributed by atoms with Crippen LogP contribution in [0.1, 0.15) is 16.1 Å². The van der Waals surface area contributed by atoms with Crippen LogP contribution in [0.25, 0.3) is 10.9 Å². The maximum absolute atomic E-state index is 5.83. The maximum Gasteiger partial charge on any atom is 0.127 e. The van der Waals surface area contributed by atoms with Crippen LogP contribution < -0.4 is 11.1 Å². The number of nitrogens with one attached hydrogen (secondary N) is 1. The molecule has 0 atom stereocenters. The first-order valence-electron chi connectivity index (χ1n) is 6.47. The van der Waals surface area contributed by atoms with Gasteiger partial charge in [0.15, 0.2) is 0 Å². The van der Waals surface area contributed by atoms with Crippen molar-refractivity contribution < 1.29 is 0 Å². The Morgan fingerprint density at radius 1 is 1.38 bits per heavy atom. The lowest BCUT2D eigenvalue weighted by atomic mass is 10.1. The zero-order chi connectivity index (χ0) is 14.8. The van der Waals surface area contributed by atoms with Gasteiger partial charge in [-0.3, -0.25) is 0 Å². The molecule has 3 N–H and O–H groups in total. The molecule has 2 aromatic heterocycles. The first-order chi connectivity index (χ1) is 10.1. The molecule has 21 heavy (non-hydrogen) atoms. The van der Waals surface area contributed by atoms with Gasteiger partial charge in [0.1, 0.15) is 10.8 Å². The molecule has 0 aliphatic heterocycles. The lowest BCUT2D eigenvalue weighted by molar-refractivity contribution is 1.10. The van der Waals surface area contributed by atoms with Crippen LogP contribution in [0.2, 0.25) is 0 Å². The number of benzene rings is 1. The number of nitrogens with zero attached hydrogens (tertiary/aromatic N) is 2. The van der Waals surface area contributed by atoms with E-state index in [0.29, 0.717) is 11.5 Å². The van der Waals surface area contributed by atoms with Crippen molar-refractivity contribution in [2.45, 2.75) is 13.5 Å².